The first-order valence-corrected chi connectivity index (χ1v) is 6.72. The third kappa shape index (κ3) is 4.42. The molecule has 2 aromatic rings. The molecule has 1 aromatic heterocycles. The summed E-state index contributed by atoms with van der Waals surface area (Å²) in [6.45, 7) is 3.79. The molecule has 0 saturated heterocycles. The lowest BCUT2D eigenvalue weighted by molar-refractivity contribution is -0.121. The van der Waals surface area contributed by atoms with Crippen LogP contribution in [0.3, 0.4) is 0 Å². The number of amides is 1. The molecule has 1 unspecified atom stereocenters. The first-order valence-electron chi connectivity index (χ1n) is 6.72. The molecule has 1 amide bonds. The largest absolute Gasteiger partial charge is 0.374 e. The van der Waals surface area contributed by atoms with E-state index in [1.807, 2.05) is 43.3 Å². The number of nitrogens with one attached hydrogen (secondary N) is 2. The molecule has 108 valence electrons. The number of anilines is 1. The molecule has 5 heteroatoms. The maximum Gasteiger partial charge on any atom is 0.262 e. The highest BCUT2D eigenvalue weighted by molar-refractivity contribution is 5.86. The van der Waals surface area contributed by atoms with Crippen molar-refractivity contribution >= 4 is 17.8 Å². The Morgan fingerprint density at radius 1 is 1.29 bits per heavy atom. The number of carbonyl (C=O) groups is 1. The molecular weight excluding hydrogens is 264 g/mol. The van der Waals surface area contributed by atoms with E-state index in [9.17, 15) is 4.79 Å². The van der Waals surface area contributed by atoms with Crippen LogP contribution in [0.4, 0.5) is 5.69 Å². The zero-order chi connectivity index (χ0) is 15.1. The second-order valence-electron chi connectivity index (χ2n) is 4.70. The van der Waals surface area contributed by atoms with E-state index in [1.165, 1.54) is 0 Å². The molecule has 5 nitrogen and oxygen atoms in total. The number of aryl methyl sites for hydroxylation is 1. The Balaban J connectivity index is 1.88. The average molecular weight is 282 g/mol. The summed E-state index contributed by atoms with van der Waals surface area (Å²) >= 11 is 0. The van der Waals surface area contributed by atoms with E-state index in [0.717, 1.165) is 16.8 Å². The van der Waals surface area contributed by atoms with Gasteiger partial charge in [-0.1, -0.05) is 24.3 Å². The van der Waals surface area contributed by atoms with Gasteiger partial charge in [-0.15, -0.1) is 0 Å². The summed E-state index contributed by atoms with van der Waals surface area (Å²) in [6, 6.07) is 11.1. The minimum atomic E-state index is -0.378. The Kier molecular flexibility index (Phi) is 5.04. The summed E-state index contributed by atoms with van der Waals surface area (Å²) in [5.41, 5.74) is 5.38. The number of hydrogen-bond donors (Lipinski definition) is 2. The van der Waals surface area contributed by atoms with Crippen LogP contribution >= 0.6 is 0 Å². The van der Waals surface area contributed by atoms with Crippen LogP contribution in [0.15, 0.2) is 53.9 Å². The summed E-state index contributed by atoms with van der Waals surface area (Å²) in [4.78, 5) is 15.9. The van der Waals surface area contributed by atoms with E-state index < -0.39 is 0 Å². The molecule has 21 heavy (non-hydrogen) atoms. The Labute approximate surface area is 124 Å². The number of nitrogens with zero attached hydrogens (tertiary/aromatic N) is 2. The molecule has 2 N–H and O–H groups in total. The lowest BCUT2D eigenvalue weighted by Crippen LogP contribution is -2.35. The second-order valence-corrected chi connectivity index (χ2v) is 4.70. The Bertz CT molecular complexity index is 625. The van der Waals surface area contributed by atoms with Gasteiger partial charge in [-0.25, -0.2) is 5.43 Å². The summed E-state index contributed by atoms with van der Waals surface area (Å²) in [5, 5.41) is 7.08. The molecule has 0 aliphatic carbocycles. The maximum atomic E-state index is 11.9. The lowest BCUT2D eigenvalue weighted by Gasteiger charge is -2.15. The highest BCUT2D eigenvalue weighted by atomic mass is 16.2. The van der Waals surface area contributed by atoms with Crippen LogP contribution in [-0.2, 0) is 4.79 Å². The lowest BCUT2D eigenvalue weighted by atomic mass is 10.2. The third-order valence-electron chi connectivity index (χ3n) is 2.98. The first-order chi connectivity index (χ1) is 10.2. The Morgan fingerprint density at radius 3 is 2.81 bits per heavy atom. The number of aromatic nitrogens is 1. The highest BCUT2D eigenvalue weighted by Gasteiger charge is 2.12. The summed E-state index contributed by atoms with van der Waals surface area (Å²) < 4.78 is 0. The topological polar surface area (TPSA) is 66.4 Å². The fourth-order valence-corrected chi connectivity index (χ4v) is 1.75. The Morgan fingerprint density at radius 2 is 2.10 bits per heavy atom. The summed E-state index contributed by atoms with van der Waals surface area (Å²) in [6.07, 6.45) is 4.92. The van der Waals surface area contributed by atoms with Gasteiger partial charge >= 0.3 is 0 Å². The van der Waals surface area contributed by atoms with Crippen molar-refractivity contribution in [1.82, 2.24) is 10.4 Å². The number of hydrogen-bond acceptors (Lipinski definition) is 4. The van der Waals surface area contributed by atoms with Crippen LogP contribution in [0, 0.1) is 6.92 Å². The van der Waals surface area contributed by atoms with Crippen LogP contribution in [0.25, 0.3) is 0 Å². The van der Waals surface area contributed by atoms with Gasteiger partial charge in [0.05, 0.1) is 6.21 Å². The zero-order valence-electron chi connectivity index (χ0n) is 12.1. The van der Waals surface area contributed by atoms with Gasteiger partial charge in [-0.2, -0.15) is 5.10 Å². The van der Waals surface area contributed by atoms with Crippen molar-refractivity contribution in [3.63, 3.8) is 0 Å². The van der Waals surface area contributed by atoms with E-state index in [2.05, 4.69) is 20.8 Å². The van der Waals surface area contributed by atoms with E-state index in [4.69, 9.17) is 0 Å². The SMILES string of the molecule is Cc1ccccc1NC(C)C(=O)N/N=C/c1cccnc1. The van der Waals surface area contributed by atoms with Gasteiger partial charge in [0.1, 0.15) is 6.04 Å². The van der Waals surface area contributed by atoms with E-state index >= 15 is 0 Å². The molecule has 0 aliphatic rings. The van der Waals surface area contributed by atoms with Crippen molar-refractivity contribution in [2.75, 3.05) is 5.32 Å². The normalized spacial score (nSPS) is 12.1. The van der Waals surface area contributed by atoms with Crippen molar-refractivity contribution < 1.29 is 4.79 Å². The predicted molar refractivity (Wildman–Crippen MR) is 84.2 cm³/mol. The van der Waals surface area contributed by atoms with Gasteiger partial charge < -0.3 is 5.32 Å². The van der Waals surface area contributed by atoms with E-state index in [1.54, 1.807) is 25.5 Å². The molecule has 0 aliphatic heterocycles. The molecule has 0 radical (unpaired) electrons. The van der Waals surface area contributed by atoms with Crippen molar-refractivity contribution in [1.29, 1.82) is 0 Å². The predicted octanol–water partition coefficient (Wildman–Crippen LogP) is 2.34. The van der Waals surface area contributed by atoms with E-state index in [0.29, 0.717) is 0 Å². The van der Waals surface area contributed by atoms with Crippen LogP contribution in [0.1, 0.15) is 18.1 Å². The van der Waals surface area contributed by atoms with Gasteiger partial charge in [0.2, 0.25) is 0 Å². The minimum absolute atomic E-state index is 0.196. The van der Waals surface area contributed by atoms with Crippen molar-refractivity contribution in [2.45, 2.75) is 19.9 Å². The molecule has 0 saturated carbocycles. The number of rotatable bonds is 5. The van der Waals surface area contributed by atoms with Gasteiger partial charge in [0.25, 0.3) is 5.91 Å². The standard InChI is InChI=1S/C16H18N4O/c1-12-6-3-4-8-15(12)19-13(2)16(21)20-18-11-14-7-5-9-17-10-14/h3-11,13,19H,1-2H3,(H,20,21)/b18-11+. The van der Waals surface area contributed by atoms with Gasteiger partial charge in [-0.3, -0.25) is 9.78 Å². The molecule has 0 spiro atoms. The maximum absolute atomic E-state index is 11.9. The fourth-order valence-electron chi connectivity index (χ4n) is 1.75. The summed E-state index contributed by atoms with van der Waals surface area (Å²) in [7, 11) is 0. The van der Waals surface area contributed by atoms with Gasteiger partial charge in [0.15, 0.2) is 0 Å². The fraction of sp³-hybridized carbons (Fsp3) is 0.188. The molecule has 1 heterocycles. The van der Waals surface area contributed by atoms with Crippen LogP contribution < -0.4 is 10.7 Å². The minimum Gasteiger partial charge on any atom is -0.374 e. The molecule has 2 rings (SSSR count). The smallest absolute Gasteiger partial charge is 0.262 e. The molecule has 1 aromatic carbocycles. The average Bonchev–Trinajstić information content (AvgIpc) is 2.50. The quantitative estimate of drug-likeness (QED) is 0.653. The molecule has 1 atom stereocenters. The second kappa shape index (κ2) is 7.19. The number of pyridine rings is 1. The molecular formula is C16H18N4O. The van der Waals surface area contributed by atoms with Gasteiger partial charge in [-0.05, 0) is 31.5 Å². The van der Waals surface area contributed by atoms with Crippen LogP contribution in [0.5, 0.6) is 0 Å². The van der Waals surface area contributed by atoms with Crippen molar-refractivity contribution in [2.24, 2.45) is 5.10 Å². The van der Waals surface area contributed by atoms with Crippen molar-refractivity contribution in [3.8, 4) is 0 Å². The highest BCUT2D eigenvalue weighted by Crippen LogP contribution is 2.14. The zero-order valence-corrected chi connectivity index (χ0v) is 12.1. The number of para-hydroxylation sites is 1. The monoisotopic (exact) mass is 282 g/mol. The molecule has 0 bridgehead atoms. The number of carbonyl (C=O) groups excluding carboxylic acids is 1. The van der Waals surface area contributed by atoms with Crippen LogP contribution in [-0.4, -0.2) is 23.1 Å². The third-order valence-corrected chi connectivity index (χ3v) is 2.98. The Hall–Kier alpha value is -2.69. The number of hydrazone groups is 1. The summed E-state index contributed by atoms with van der Waals surface area (Å²) in [5.74, 6) is -0.196. The van der Waals surface area contributed by atoms with Crippen molar-refractivity contribution in [3.05, 3.63) is 59.9 Å². The molecule has 0 fully saturated rings. The number of benzene rings is 1. The van der Waals surface area contributed by atoms with Gasteiger partial charge in [0, 0.05) is 23.6 Å². The first kappa shape index (κ1) is 14.7. The van der Waals surface area contributed by atoms with Crippen LogP contribution in [0.2, 0.25) is 0 Å². The van der Waals surface area contributed by atoms with E-state index in [-0.39, 0.29) is 11.9 Å².